The van der Waals surface area contributed by atoms with Crippen LogP contribution in [0.15, 0.2) is 30.3 Å². The Morgan fingerprint density at radius 1 is 1.12 bits per heavy atom. The van der Waals surface area contributed by atoms with Gasteiger partial charge in [-0.25, -0.2) is 4.68 Å². The number of carbonyl (C=O) groups excluding carboxylic acids is 1. The van der Waals surface area contributed by atoms with Crippen LogP contribution >= 0.6 is 0 Å². The van der Waals surface area contributed by atoms with E-state index in [0.29, 0.717) is 26.1 Å². The topological polar surface area (TPSA) is 53.8 Å². The van der Waals surface area contributed by atoms with E-state index < -0.39 is 0 Å². The number of likely N-dealkylation sites (N-methyl/N-ethyl adjacent to an activating group) is 1. The lowest BCUT2D eigenvalue weighted by Crippen LogP contribution is -2.47. The molecule has 2 aromatic rings. The van der Waals surface area contributed by atoms with Gasteiger partial charge in [0.15, 0.2) is 0 Å². The Kier molecular flexibility index (Phi) is 9.11. The minimum atomic E-state index is 0.192. The van der Waals surface area contributed by atoms with Gasteiger partial charge in [0.1, 0.15) is 5.82 Å². The first-order chi connectivity index (χ1) is 15.6. The third kappa shape index (κ3) is 5.90. The Balaban J connectivity index is 1.96. The van der Waals surface area contributed by atoms with E-state index in [9.17, 15) is 4.79 Å². The molecule has 0 bridgehead atoms. The Morgan fingerprint density at radius 2 is 1.84 bits per heavy atom. The molecule has 1 aromatic heterocycles. The lowest BCUT2D eigenvalue weighted by Gasteiger charge is -2.36. The standard InChI is InChI=1S/C25H39N5O2/c1-5-7-13-24(31)29(18-19-32-4)20-23-21(3)26-30(22-11-9-8-10-12-22)25(23)28-16-14-27(6-2)15-17-28/h8-12H,5-7,13-20H2,1-4H3. The highest BCUT2D eigenvalue weighted by Crippen LogP contribution is 2.30. The number of para-hydroxylation sites is 1. The number of methoxy groups -OCH3 is 1. The van der Waals surface area contributed by atoms with Crippen molar-refractivity contribution in [1.29, 1.82) is 0 Å². The van der Waals surface area contributed by atoms with Crippen LogP contribution in [0.3, 0.4) is 0 Å². The van der Waals surface area contributed by atoms with E-state index in [1.807, 2.05) is 23.1 Å². The van der Waals surface area contributed by atoms with Crippen molar-refractivity contribution in [3.63, 3.8) is 0 Å². The van der Waals surface area contributed by atoms with E-state index in [2.05, 4.69) is 47.4 Å². The smallest absolute Gasteiger partial charge is 0.222 e. The molecule has 1 amide bonds. The first kappa shape index (κ1) is 24.3. The van der Waals surface area contributed by atoms with Gasteiger partial charge in [-0.05, 0) is 32.0 Å². The van der Waals surface area contributed by atoms with Crippen molar-refractivity contribution in [3.05, 3.63) is 41.6 Å². The molecule has 1 aromatic carbocycles. The van der Waals surface area contributed by atoms with E-state index in [-0.39, 0.29) is 5.91 Å². The summed E-state index contributed by atoms with van der Waals surface area (Å²) < 4.78 is 7.38. The van der Waals surface area contributed by atoms with E-state index in [4.69, 9.17) is 9.84 Å². The lowest BCUT2D eigenvalue weighted by molar-refractivity contribution is -0.132. The number of unbranched alkanes of at least 4 members (excludes halogenated alkanes) is 1. The molecular weight excluding hydrogens is 402 g/mol. The number of aryl methyl sites for hydroxylation is 1. The Hall–Kier alpha value is -2.38. The predicted molar refractivity (Wildman–Crippen MR) is 129 cm³/mol. The van der Waals surface area contributed by atoms with Gasteiger partial charge in [0, 0.05) is 51.8 Å². The molecule has 1 fully saturated rings. The molecule has 2 heterocycles. The summed E-state index contributed by atoms with van der Waals surface area (Å²) in [5, 5.41) is 4.94. The number of nitrogens with zero attached hydrogens (tertiary/aromatic N) is 5. The van der Waals surface area contributed by atoms with Crippen LogP contribution in [-0.2, 0) is 16.1 Å². The summed E-state index contributed by atoms with van der Waals surface area (Å²) in [5.74, 6) is 1.31. The molecule has 0 aliphatic carbocycles. The Bertz CT molecular complexity index is 844. The van der Waals surface area contributed by atoms with Crippen molar-refractivity contribution in [2.75, 3.05) is 57.9 Å². The molecule has 0 unspecified atom stereocenters. The molecule has 3 rings (SSSR count). The van der Waals surface area contributed by atoms with Gasteiger partial charge in [0.05, 0.1) is 24.5 Å². The van der Waals surface area contributed by atoms with Crippen LogP contribution in [0.1, 0.15) is 44.4 Å². The molecule has 1 aliphatic rings. The SMILES string of the molecule is CCCCC(=O)N(CCOC)Cc1c(C)nn(-c2ccccc2)c1N1CCN(CC)CC1. The van der Waals surface area contributed by atoms with E-state index in [0.717, 1.165) is 68.3 Å². The number of piperazine rings is 1. The molecule has 0 spiro atoms. The average molecular weight is 442 g/mol. The third-order valence-corrected chi connectivity index (χ3v) is 6.29. The second kappa shape index (κ2) is 12.0. The monoisotopic (exact) mass is 441 g/mol. The van der Waals surface area contributed by atoms with Crippen molar-refractivity contribution >= 4 is 11.7 Å². The summed E-state index contributed by atoms with van der Waals surface area (Å²) in [4.78, 5) is 19.9. The molecule has 0 saturated carbocycles. The zero-order chi connectivity index (χ0) is 22.9. The first-order valence-corrected chi connectivity index (χ1v) is 12.0. The van der Waals surface area contributed by atoms with Crippen LogP contribution in [-0.4, -0.2) is 78.5 Å². The average Bonchev–Trinajstić information content (AvgIpc) is 3.16. The fourth-order valence-corrected chi connectivity index (χ4v) is 4.25. The second-order valence-corrected chi connectivity index (χ2v) is 8.47. The van der Waals surface area contributed by atoms with Gasteiger partial charge in [-0.2, -0.15) is 5.10 Å². The highest BCUT2D eigenvalue weighted by atomic mass is 16.5. The van der Waals surface area contributed by atoms with Crippen molar-refractivity contribution in [1.82, 2.24) is 19.6 Å². The van der Waals surface area contributed by atoms with E-state index >= 15 is 0 Å². The molecular formula is C25H39N5O2. The molecule has 1 saturated heterocycles. The summed E-state index contributed by atoms with van der Waals surface area (Å²) in [6, 6.07) is 10.3. The summed E-state index contributed by atoms with van der Waals surface area (Å²) in [6.07, 6.45) is 2.51. The predicted octanol–water partition coefficient (Wildman–Crippen LogP) is 3.49. The minimum Gasteiger partial charge on any atom is -0.383 e. The maximum absolute atomic E-state index is 13.0. The van der Waals surface area contributed by atoms with Crippen molar-refractivity contribution in [3.8, 4) is 5.69 Å². The number of rotatable bonds is 11. The molecule has 1 aliphatic heterocycles. The maximum atomic E-state index is 13.0. The quantitative estimate of drug-likeness (QED) is 0.534. The number of anilines is 1. The molecule has 7 heteroatoms. The van der Waals surface area contributed by atoms with Crippen LogP contribution in [0.25, 0.3) is 5.69 Å². The zero-order valence-corrected chi connectivity index (χ0v) is 20.2. The van der Waals surface area contributed by atoms with Gasteiger partial charge in [-0.15, -0.1) is 0 Å². The van der Waals surface area contributed by atoms with Gasteiger partial charge in [0.25, 0.3) is 0 Å². The van der Waals surface area contributed by atoms with Crippen molar-refractivity contribution < 1.29 is 9.53 Å². The lowest BCUT2D eigenvalue weighted by atomic mass is 10.1. The van der Waals surface area contributed by atoms with Gasteiger partial charge in [0.2, 0.25) is 5.91 Å². The van der Waals surface area contributed by atoms with Gasteiger partial charge < -0.3 is 19.4 Å². The summed E-state index contributed by atoms with van der Waals surface area (Å²) >= 11 is 0. The number of hydrogen-bond acceptors (Lipinski definition) is 5. The normalized spacial score (nSPS) is 14.7. The number of aromatic nitrogens is 2. The number of ether oxygens (including phenoxy) is 1. The maximum Gasteiger partial charge on any atom is 0.222 e. The molecule has 32 heavy (non-hydrogen) atoms. The second-order valence-electron chi connectivity index (χ2n) is 8.47. The first-order valence-electron chi connectivity index (χ1n) is 12.0. The van der Waals surface area contributed by atoms with Crippen molar-refractivity contribution in [2.45, 2.75) is 46.6 Å². The number of amides is 1. The van der Waals surface area contributed by atoms with Gasteiger partial charge in [-0.3, -0.25) is 4.79 Å². The number of hydrogen-bond donors (Lipinski definition) is 0. The van der Waals surface area contributed by atoms with Crippen LogP contribution in [0, 0.1) is 6.92 Å². The van der Waals surface area contributed by atoms with Crippen molar-refractivity contribution in [2.24, 2.45) is 0 Å². The Morgan fingerprint density at radius 3 is 2.47 bits per heavy atom. The van der Waals surface area contributed by atoms with Gasteiger partial charge in [-0.1, -0.05) is 38.5 Å². The fourth-order valence-electron chi connectivity index (χ4n) is 4.25. The fraction of sp³-hybridized carbons (Fsp3) is 0.600. The molecule has 0 atom stereocenters. The van der Waals surface area contributed by atoms with Gasteiger partial charge >= 0.3 is 0 Å². The van der Waals surface area contributed by atoms with Crippen LogP contribution in [0.4, 0.5) is 5.82 Å². The van der Waals surface area contributed by atoms with E-state index in [1.165, 1.54) is 0 Å². The van der Waals surface area contributed by atoms with Crippen LogP contribution in [0.2, 0.25) is 0 Å². The molecule has 7 nitrogen and oxygen atoms in total. The molecule has 176 valence electrons. The zero-order valence-electron chi connectivity index (χ0n) is 20.2. The summed E-state index contributed by atoms with van der Waals surface area (Å²) in [5.41, 5.74) is 3.17. The van der Waals surface area contributed by atoms with E-state index in [1.54, 1.807) is 7.11 Å². The Labute approximate surface area is 192 Å². The number of carbonyl (C=O) groups is 1. The number of benzene rings is 1. The van der Waals surface area contributed by atoms with Crippen LogP contribution < -0.4 is 4.90 Å². The third-order valence-electron chi connectivity index (χ3n) is 6.29. The minimum absolute atomic E-state index is 0.192. The van der Waals surface area contributed by atoms with Crippen LogP contribution in [0.5, 0.6) is 0 Å². The molecule has 0 N–H and O–H groups in total. The summed E-state index contributed by atoms with van der Waals surface area (Å²) in [6.45, 7) is 13.2. The highest BCUT2D eigenvalue weighted by Gasteiger charge is 2.27. The largest absolute Gasteiger partial charge is 0.383 e. The summed E-state index contributed by atoms with van der Waals surface area (Å²) in [7, 11) is 1.69. The highest BCUT2D eigenvalue weighted by molar-refractivity contribution is 5.76. The molecule has 0 radical (unpaired) electrons.